The summed E-state index contributed by atoms with van der Waals surface area (Å²) in [7, 11) is -4.89. The van der Waals surface area contributed by atoms with Crippen LogP contribution in [0, 0.1) is 0 Å². The largest absolute Gasteiger partial charge is 0.508 e. The summed E-state index contributed by atoms with van der Waals surface area (Å²) in [5, 5.41) is 40.9. The number of carbonyl (C=O) groups excluding carboxylic acids is 2. The molecule has 14 nitrogen and oxygen atoms in total. The third-order valence-corrected chi connectivity index (χ3v) is 12.2. The van der Waals surface area contributed by atoms with E-state index in [1.54, 1.807) is 0 Å². The highest BCUT2D eigenvalue weighted by atomic mass is 31.2. The first kappa shape index (κ1) is 55.8. The van der Waals surface area contributed by atoms with Crippen molar-refractivity contribution in [3.63, 3.8) is 0 Å². The highest BCUT2D eigenvalue weighted by Crippen LogP contribution is 2.44. The number of phenols is 1. The third kappa shape index (κ3) is 27.1. The van der Waals surface area contributed by atoms with Crippen LogP contribution in [0.4, 0.5) is 0 Å². The van der Waals surface area contributed by atoms with Gasteiger partial charge in [-0.15, -0.1) is 0 Å². The van der Waals surface area contributed by atoms with Gasteiger partial charge in [0.05, 0.1) is 13.2 Å². The molecule has 1 aliphatic heterocycles. The van der Waals surface area contributed by atoms with Crippen molar-refractivity contribution in [1.82, 2.24) is 0 Å². The fourth-order valence-electron chi connectivity index (χ4n) is 7.39. The molecule has 1 saturated heterocycles. The molecule has 1 aliphatic rings. The first-order chi connectivity index (χ1) is 30.0. The molecule has 0 saturated carbocycles. The molecule has 1 unspecified atom stereocenters. The number of aromatic hydroxyl groups is 1. The van der Waals surface area contributed by atoms with Gasteiger partial charge < -0.3 is 44.3 Å². The van der Waals surface area contributed by atoms with Gasteiger partial charge in [0.2, 0.25) is 6.29 Å². The summed E-state index contributed by atoms with van der Waals surface area (Å²) in [5.41, 5.74) is 0. The Balaban J connectivity index is 1.80. The van der Waals surface area contributed by atoms with Crippen LogP contribution >= 0.6 is 7.82 Å². The molecule has 1 aromatic carbocycles. The van der Waals surface area contributed by atoms with Gasteiger partial charge in [-0.25, -0.2) is 4.57 Å². The van der Waals surface area contributed by atoms with Gasteiger partial charge in [0, 0.05) is 12.8 Å². The second kappa shape index (κ2) is 35.0. The van der Waals surface area contributed by atoms with Crippen molar-refractivity contribution in [1.29, 1.82) is 0 Å². The summed E-state index contributed by atoms with van der Waals surface area (Å²) in [6.07, 6.45) is 21.5. The van der Waals surface area contributed by atoms with Crippen molar-refractivity contribution in [2.45, 2.75) is 230 Å². The van der Waals surface area contributed by atoms with Crippen molar-refractivity contribution in [2.75, 3.05) is 19.8 Å². The van der Waals surface area contributed by atoms with E-state index >= 15 is 0 Å². The number of esters is 2. The molecule has 2 rings (SSSR count). The van der Waals surface area contributed by atoms with Crippen LogP contribution in [0.25, 0.3) is 0 Å². The minimum absolute atomic E-state index is 0.0297. The molecule has 0 aliphatic carbocycles. The monoisotopic (exact) mass is 903 g/mol. The van der Waals surface area contributed by atoms with Gasteiger partial charge in [-0.2, -0.15) is 0 Å². The van der Waals surface area contributed by atoms with Crippen LogP contribution < -0.4 is 4.74 Å². The predicted octanol–water partition coefficient (Wildman–Crippen LogP) is 10.1. The SMILES string of the molecule is CCCCCCCCCCCCCCCC(=O)OC[C@H](COP(=O)(O)OC[C@H]1O[C@@H](Oc2ccc(O)cc2)[C@H](O)[C@@H](O)[C@@H]1O)OC(=O)CCCCCCCCCCCCCCC. The lowest BCUT2D eigenvalue weighted by Crippen LogP contribution is -2.60. The molecular weight excluding hydrogens is 819 g/mol. The Morgan fingerprint density at radius 1 is 0.597 bits per heavy atom. The molecule has 1 aromatic rings. The van der Waals surface area contributed by atoms with E-state index in [1.165, 1.54) is 140 Å². The Morgan fingerprint density at radius 2 is 1.03 bits per heavy atom. The molecule has 15 heteroatoms. The number of aliphatic hydroxyl groups is 3. The Hall–Kier alpha value is -2.29. The van der Waals surface area contributed by atoms with Crippen LogP contribution in [0.15, 0.2) is 24.3 Å². The van der Waals surface area contributed by atoms with Crippen molar-refractivity contribution < 1.29 is 67.5 Å². The first-order valence-electron chi connectivity index (χ1n) is 24.1. The van der Waals surface area contributed by atoms with Crippen LogP contribution in [0.2, 0.25) is 0 Å². The maximum absolute atomic E-state index is 13.0. The minimum atomic E-state index is -4.89. The number of hydrogen-bond acceptors (Lipinski definition) is 13. The van der Waals surface area contributed by atoms with Crippen LogP contribution in [0.3, 0.4) is 0 Å². The number of phenolic OH excluding ortho intramolecular Hbond substituents is 1. The minimum Gasteiger partial charge on any atom is -0.508 e. The zero-order valence-electron chi connectivity index (χ0n) is 38.1. The van der Waals surface area contributed by atoms with E-state index in [0.29, 0.717) is 12.8 Å². The zero-order valence-corrected chi connectivity index (χ0v) is 38.9. The number of ether oxygens (including phenoxy) is 4. The summed E-state index contributed by atoms with van der Waals surface area (Å²) >= 11 is 0. The fraction of sp³-hybridized carbons (Fsp3) is 0.830. The summed E-state index contributed by atoms with van der Waals surface area (Å²) in [4.78, 5) is 36.0. The summed E-state index contributed by atoms with van der Waals surface area (Å²) < 4.78 is 45.3. The highest BCUT2D eigenvalue weighted by Gasteiger charge is 2.46. The Morgan fingerprint density at radius 3 is 1.50 bits per heavy atom. The lowest BCUT2D eigenvalue weighted by atomic mass is 9.99. The van der Waals surface area contributed by atoms with Gasteiger partial charge in [-0.05, 0) is 37.1 Å². The normalized spacial score (nSPS) is 20.4. The zero-order chi connectivity index (χ0) is 45.3. The third-order valence-electron chi connectivity index (χ3n) is 11.3. The van der Waals surface area contributed by atoms with Crippen molar-refractivity contribution in [3.05, 3.63) is 24.3 Å². The summed E-state index contributed by atoms with van der Waals surface area (Å²) in [6.45, 7) is 2.69. The molecule has 62 heavy (non-hydrogen) atoms. The van der Waals surface area contributed by atoms with Crippen molar-refractivity contribution in [3.8, 4) is 11.5 Å². The van der Waals surface area contributed by atoms with E-state index < -0.39 is 69.8 Å². The van der Waals surface area contributed by atoms with Crippen molar-refractivity contribution in [2.24, 2.45) is 0 Å². The lowest BCUT2D eigenvalue weighted by Gasteiger charge is -2.40. The van der Waals surface area contributed by atoms with Gasteiger partial charge in [-0.1, -0.05) is 168 Å². The van der Waals surface area contributed by atoms with E-state index in [9.17, 15) is 39.5 Å². The number of rotatable bonds is 39. The highest BCUT2D eigenvalue weighted by molar-refractivity contribution is 7.47. The lowest BCUT2D eigenvalue weighted by molar-refractivity contribution is -0.276. The Kier molecular flexibility index (Phi) is 31.6. The van der Waals surface area contributed by atoms with Crippen LogP contribution in [0.1, 0.15) is 194 Å². The smallest absolute Gasteiger partial charge is 0.472 e. The second-order valence-corrected chi connectivity index (χ2v) is 18.4. The summed E-state index contributed by atoms with van der Waals surface area (Å²) in [5.74, 6) is -0.875. The van der Waals surface area contributed by atoms with Crippen LogP contribution in [-0.4, -0.2) is 93.9 Å². The molecular formula is C47H83O14P. The number of hydrogen-bond donors (Lipinski definition) is 5. The number of aliphatic hydroxyl groups excluding tert-OH is 3. The average Bonchev–Trinajstić information content (AvgIpc) is 3.25. The van der Waals surface area contributed by atoms with Gasteiger partial charge in [0.1, 0.15) is 42.5 Å². The van der Waals surface area contributed by atoms with Gasteiger partial charge >= 0.3 is 19.8 Å². The molecule has 360 valence electrons. The molecule has 0 radical (unpaired) electrons. The molecule has 5 N–H and O–H groups in total. The number of unbranched alkanes of at least 4 members (excludes halogenated alkanes) is 24. The molecule has 0 bridgehead atoms. The molecule has 1 fully saturated rings. The van der Waals surface area contributed by atoms with E-state index in [2.05, 4.69) is 13.8 Å². The summed E-state index contributed by atoms with van der Waals surface area (Å²) in [6, 6.07) is 5.46. The van der Waals surface area contributed by atoms with E-state index in [1.807, 2.05) is 0 Å². The Labute approximate surface area is 372 Å². The first-order valence-corrected chi connectivity index (χ1v) is 25.6. The van der Waals surface area contributed by atoms with Gasteiger partial charge in [0.15, 0.2) is 6.10 Å². The molecule has 0 amide bonds. The van der Waals surface area contributed by atoms with E-state index in [4.69, 9.17) is 28.0 Å². The number of benzene rings is 1. The van der Waals surface area contributed by atoms with Crippen LogP contribution in [-0.2, 0) is 37.4 Å². The second-order valence-electron chi connectivity index (χ2n) is 17.0. The standard InChI is InChI=1S/C47H83O14P/c1-3-5-7-9-11-13-15-17-19-21-23-25-27-29-42(49)56-35-40(59-43(50)30-28-26-24-22-20-18-16-14-12-10-8-6-4-2)36-57-62(54,55)58-37-41-44(51)45(52)46(53)47(61-41)60-39-33-31-38(48)32-34-39/h31-34,40-41,44-48,51-53H,3-30,35-37H2,1-2H3,(H,54,55)/t40-,41-,44-,45+,46-,47-/m1/s1. The van der Waals surface area contributed by atoms with Crippen LogP contribution in [0.5, 0.6) is 11.5 Å². The number of carbonyl (C=O) groups is 2. The Bertz CT molecular complexity index is 1320. The van der Waals surface area contributed by atoms with Crippen molar-refractivity contribution >= 4 is 19.8 Å². The molecule has 0 aromatic heterocycles. The number of phosphoric ester groups is 1. The molecule has 1 heterocycles. The molecule has 7 atom stereocenters. The van der Waals surface area contributed by atoms with Gasteiger partial charge in [-0.3, -0.25) is 18.6 Å². The topological polar surface area (TPSA) is 208 Å². The van der Waals surface area contributed by atoms with E-state index in [0.717, 1.165) is 38.5 Å². The maximum atomic E-state index is 13.0. The quantitative estimate of drug-likeness (QED) is 0.0237. The van der Waals surface area contributed by atoms with Gasteiger partial charge in [0.25, 0.3) is 0 Å². The predicted molar refractivity (Wildman–Crippen MR) is 239 cm³/mol. The molecule has 0 spiro atoms. The number of phosphoric acid groups is 1. The van der Waals surface area contributed by atoms with E-state index in [-0.39, 0.29) is 30.9 Å². The average molecular weight is 903 g/mol. The fourth-order valence-corrected chi connectivity index (χ4v) is 8.15. The maximum Gasteiger partial charge on any atom is 0.472 e.